The van der Waals surface area contributed by atoms with Crippen LogP contribution in [-0.4, -0.2) is 36.2 Å². The highest BCUT2D eigenvalue weighted by Crippen LogP contribution is 2.36. The normalized spacial score (nSPS) is 20.3. The van der Waals surface area contributed by atoms with E-state index in [9.17, 15) is 8.78 Å². The first kappa shape index (κ1) is 22.3. The first-order chi connectivity index (χ1) is 11.5. The van der Waals surface area contributed by atoms with Crippen molar-refractivity contribution in [3.05, 3.63) is 29.8 Å². The summed E-state index contributed by atoms with van der Waals surface area (Å²) in [5.74, 6) is 2.06. The van der Waals surface area contributed by atoms with Crippen LogP contribution in [0, 0.1) is 0 Å². The fourth-order valence-corrected chi connectivity index (χ4v) is 3.84. The van der Waals surface area contributed by atoms with Gasteiger partial charge >= 0.3 is 6.61 Å². The smallest absolute Gasteiger partial charge is 0.387 e. The van der Waals surface area contributed by atoms with Crippen molar-refractivity contribution in [1.82, 2.24) is 10.6 Å². The number of ether oxygens (including phenoxy) is 1. The average Bonchev–Trinajstić information content (AvgIpc) is 2.98. The summed E-state index contributed by atoms with van der Waals surface area (Å²) >= 11 is 1.98. The van der Waals surface area contributed by atoms with Crippen LogP contribution < -0.4 is 15.4 Å². The summed E-state index contributed by atoms with van der Waals surface area (Å²) in [7, 11) is 0. The molecule has 2 rings (SSSR count). The summed E-state index contributed by atoms with van der Waals surface area (Å²) in [5, 5.41) is 6.56. The third kappa shape index (κ3) is 7.55. The minimum atomic E-state index is -2.83. The second-order valence-corrected chi connectivity index (χ2v) is 7.62. The Morgan fingerprint density at radius 3 is 2.76 bits per heavy atom. The van der Waals surface area contributed by atoms with Gasteiger partial charge in [0.05, 0.1) is 6.54 Å². The largest absolute Gasteiger partial charge is 0.434 e. The molecule has 4 nitrogen and oxygen atoms in total. The van der Waals surface area contributed by atoms with Crippen molar-refractivity contribution < 1.29 is 13.5 Å². The molecular formula is C17H26F2IN3OS. The number of hydrogen-bond donors (Lipinski definition) is 2. The van der Waals surface area contributed by atoms with Crippen molar-refractivity contribution in [3.8, 4) is 5.75 Å². The summed E-state index contributed by atoms with van der Waals surface area (Å²) in [5.41, 5.74) is 0.636. The molecule has 1 heterocycles. The minimum absolute atomic E-state index is 0. The molecule has 2 N–H and O–H groups in total. The van der Waals surface area contributed by atoms with Crippen molar-refractivity contribution in [2.45, 2.75) is 44.6 Å². The fourth-order valence-electron chi connectivity index (χ4n) is 2.60. The van der Waals surface area contributed by atoms with Crippen LogP contribution in [0.15, 0.2) is 29.3 Å². The molecule has 1 aliphatic rings. The molecule has 0 amide bonds. The molecule has 1 aliphatic heterocycles. The highest BCUT2D eigenvalue weighted by molar-refractivity contribution is 14.0. The van der Waals surface area contributed by atoms with E-state index in [0.29, 0.717) is 11.5 Å². The summed E-state index contributed by atoms with van der Waals surface area (Å²) in [6.07, 6.45) is 2.43. The van der Waals surface area contributed by atoms with Gasteiger partial charge in [0.1, 0.15) is 5.75 Å². The number of rotatable bonds is 7. The molecule has 25 heavy (non-hydrogen) atoms. The molecule has 8 heteroatoms. The Hall–Kier alpha value is -0.770. The first-order valence-electron chi connectivity index (χ1n) is 8.21. The van der Waals surface area contributed by atoms with Gasteiger partial charge in [0, 0.05) is 23.4 Å². The Morgan fingerprint density at radius 1 is 1.36 bits per heavy atom. The van der Waals surface area contributed by atoms with Gasteiger partial charge in [-0.1, -0.05) is 18.2 Å². The molecule has 1 saturated heterocycles. The van der Waals surface area contributed by atoms with Gasteiger partial charge in [-0.3, -0.25) is 0 Å². The molecular weight excluding hydrogens is 459 g/mol. The third-order valence-electron chi connectivity index (χ3n) is 3.87. The standard InChI is InChI=1S/C17H25F2N3OS.HI/c1-3-20-16(22-12-17(2)9-6-10-24-17)21-11-13-7-4-5-8-14(13)23-15(18)19;/h4-5,7-8,15H,3,6,9-12H2,1-2H3,(H2,20,21,22);1H. The first-order valence-corrected chi connectivity index (χ1v) is 9.20. The molecule has 0 bridgehead atoms. The van der Waals surface area contributed by atoms with Gasteiger partial charge in [-0.2, -0.15) is 20.5 Å². The summed E-state index contributed by atoms with van der Waals surface area (Å²) in [6, 6.07) is 6.75. The Bertz CT molecular complexity index is 554. The number of benzene rings is 1. The van der Waals surface area contributed by atoms with Crippen molar-refractivity contribution in [2.75, 3.05) is 18.8 Å². The maximum absolute atomic E-state index is 12.5. The van der Waals surface area contributed by atoms with Crippen molar-refractivity contribution in [3.63, 3.8) is 0 Å². The molecule has 1 unspecified atom stereocenters. The van der Waals surface area contributed by atoms with E-state index >= 15 is 0 Å². The van der Waals surface area contributed by atoms with Gasteiger partial charge in [-0.05, 0) is 38.5 Å². The SMILES string of the molecule is CCNC(=NCc1ccccc1OC(F)F)NCC1(C)CCCS1.I. The number of aliphatic imine (C=N–C) groups is 1. The number of alkyl halides is 2. The predicted molar refractivity (Wildman–Crippen MR) is 111 cm³/mol. The maximum Gasteiger partial charge on any atom is 0.387 e. The van der Waals surface area contributed by atoms with Gasteiger partial charge in [0.15, 0.2) is 5.96 Å². The zero-order valence-corrected chi connectivity index (χ0v) is 17.7. The Morgan fingerprint density at radius 2 is 2.12 bits per heavy atom. The molecule has 1 aromatic rings. The molecule has 0 aromatic heterocycles. The highest BCUT2D eigenvalue weighted by atomic mass is 127. The molecule has 1 aromatic carbocycles. The van der Waals surface area contributed by atoms with Crippen molar-refractivity contribution in [2.24, 2.45) is 4.99 Å². The quantitative estimate of drug-likeness (QED) is 0.345. The van der Waals surface area contributed by atoms with Crippen LogP contribution in [0.2, 0.25) is 0 Å². The molecule has 142 valence electrons. The van der Waals surface area contributed by atoms with E-state index in [-0.39, 0.29) is 41.0 Å². The summed E-state index contributed by atoms with van der Waals surface area (Å²) in [6.45, 7) is 3.27. The fraction of sp³-hybridized carbons (Fsp3) is 0.588. The number of nitrogens with zero attached hydrogens (tertiary/aromatic N) is 1. The van der Waals surface area contributed by atoms with E-state index in [1.54, 1.807) is 18.2 Å². The average molecular weight is 485 g/mol. The number of thioether (sulfide) groups is 1. The van der Waals surface area contributed by atoms with Crippen LogP contribution in [0.3, 0.4) is 0 Å². The molecule has 0 radical (unpaired) electrons. The lowest BCUT2D eigenvalue weighted by molar-refractivity contribution is -0.0504. The monoisotopic (exact) mass is 485 g/mol. The number of guanidine groups is 1. The van der Waals surface area contributed by atoms with Gasteiger partial charge in [-0.15, -0.1) is 24.0 Å². The summed E-state index contributed by atoms with van der Waals surface area (Å²) < 4.78 is 29.7. The van der Waals surface area contributed by atoms with E-state index in [2.05, 4.69) is 27.3 Å². The highest BCUT2D eigenvalue weighted by Gasteiger charge is 2.29. The van der Waals surface area contributed by atoms with E-state index in [1.165, 1.54) is 24.7 Å². The second kappa shape index (κ2) is 11.1. The number of para-hydroxylation sites is 1. The van der Waals surface area contributed by atoms with Gasteiger partial charge in [0.25, 0.3) is 0 Å². The van der Waals surface area contributed by atoms with Gasteiger partial charge in [0.2, 0.25) is 0 Å². The maximum atomic E-state index is 12.5. The van der Waals surface area contributed by atoms with Crippen LogP contribution in [-0.2, 0) is 6.54 Å². The summed E-state index contributed by atoms with van der Waals surface area (Å²) in [4.78, 5) is 4.50. The number of halogens is 3. The predicted octanol–water partition coefficient (Wildman–Crippen LogP) is 4.25. The van der Waals surface area contributed by atoms with E-state index < -0.39 is 6.61 Å². The van der Waals surface area contributed by atoms with Gasteiger partial charge in [-0.25, -0.2) is 4.99 Å². The zero-order valence-electron chi connectivity index (χ0n) is 14.6. The van der Waals surface area contributed by atoms with E-state index in [0.717, 1.165) is 13.1 Å². The van der Waals surface area contributed by atoms with E-state index in [4.69, 9.17) is 0 Å². The van der Waals surface area contributed by atoms with Crippen LogP contribution >= 0.6 is 35.7 Å². The minimum Gasteiger partial charge on any atom is -0.434 e. The lowest BCUT2D eigenvalue weighted by atomic mass is 10.1. The zero-order chi connectivity index (χ0) is 17.4. The Labute approximate surface area is 169 Å². The Balaban J connectivity index is 0.00000312. The topological polar surface area (TPSA) is 45.7 Å². The third-order valence-corrected chi connectivity index (χ3v) is 5.41. The molecule has 1 fully saturated rings. The van der Waals surface area contributed by atoms with Crippen LogP contribution in [0.25, 0.3) is 0 Å². The second-order valence-electron chi connectivity index (χ2n) is 5.94. The van der Waals surface area contributed by atoms with Crippen molar-refractivity contribution >= 4 is 41.7 Å². The van der Waals surface area contributed by atoms with Crippen LogP contribution in [0.1, 0.15) is 32.3 Å². The molecule has 1 atom stereocenters. The molecule has 0 aliphatic carbocycles. The molecule has 0 saturated carbocycles. The molecule has 0 spiro atoms. The van der Waals surface area contributed by atoms with Crippen LogP contribution in [0.5, 0.6) is 5.75 Å². The lowest BCUT2D eigenvalue weighted by Crippen LogP contribution is -2.43. The number of hydrogen-bond acceptors (Lipinski definition) is 3. The Kier molecular flexibility index (Phi) is 9.84. The van der Waals surface area contributed by atoms with Crippen LogP contribution in [0.4, 0.5) is 8.78 Å². The van der Waals surface area contributed by atoms with Gasteiger partial charge < -0.3 is 15.4 Å². The van der Waals surface area contributed by atoms with Crippen molar-refractivity contribution in [1.29, 1.82) is 0 Å². The van der Waals surface area contributed by atoms with E-state index in [1.807, 2.05) is 18.7 Å². The number of nitrogens with one attached hydrogen (secondary N) is 2. The lowest BCUT2D eigenvalue weighted by Gasteiger charge is -2.24.